The molecule has 19 heavy (non-hydrogen) atoms. The summed E-state index contributed by atoms with van der Waals surface area (Å²) in [7, 11) is 1.34. The number of hydrogen-bond acceptors (Lipinski definition) is 4. The lowest BCUT2D eigenvalue weighted by molar-refractivity contribution is -0.149. The number of amides is 1. The summed E-state index contributed by atoms with van der Waals surface area (Å²) in [5.41, 5.74) is -0.372. The number of carbonyl (C=O) groups excluding carboxylic acids is 2. The van der Waals surface area contributed by atoms with Crippen LogP contribution >= 0.6 is 0 Å². The minimum Gasteiger partial charge on any atom is -0.469 e. The monoisotopic (exact) mass is 269 g/mol. The van der Waals surface area contributed by atoms with Crippen molar-refractivity contribution in [1.29, 1.82) is 0 Å². The number of rotatable bonds is 2. The zero-order chi connectivity index (χ0) is 14.6. The molecule has 108 valence electrons. The molecule has 1 aliphatic carbocycles. The third-order valence-corrected chi connectivity index (χ3v) is 2.88. The van der Waals surface area contributed by atoms with E-state index in [1.165, 1.54) is 7.11 Å². The number of allylic oxidation sites excluding steroid dienone is 1. The molecule has 0 saturated carbocycles. The highest BCUT2D eigenvalue weighted by atomic mass is 16.6. The Morgan fingerprint density at radius 1 is 1.26 bits per heavy atom. The predicted molar refractivity (Wildman–Crippen MR) is 71.6 cm³/mol. The summed E-state index contributed by atoms with van der Waals surface area (Å²) in [5.74, 6) is -0.505. The van der Waals surface area contributed by atoms with E-state index in [4.69, 9.17) is 9.47 Å². The summed E-state index contributed by atoms with van der Waals surface area (Å²) in [5, 5.41) is 2.71. The second kappa shape index (κ2) is 6.08. The van der Waals surface area contributed by atoms with Crippen molar-refractivity contribution >= 4 is 12.1 Å². The molecule has 0 aromatic rings. The predicted octanol–water partition coefficient (Wildman–Crippen LogP) is 2.26. The Labute approximate surface area is 114 Å². The van der Waals surface area contributed by atoms with E-state index in [0.29, 0.717) is 6.42 Å². The Kier molecular flexibility index (Phi) is 4.97. The summed E-state index contributed by atoms with van der Waals surface area (Å²) in [6, 6.07) is 0. The van der Waals surface area contributed by atoms with Crippen LogP contribution in [0.2, 0.25) is 0 Å². The van der Waals surface area contributed by atoms with Gasteiger partial charge in [0.2, 0.25) is 0 Å². The lowest BCUT2D eigenvalue weighted by Crippen LogP contribution is -2.44. The molecule has 1 rings (SSSR count). The molecule has 0 aromatic carbocycles. The lowest BCUT2D eigenvalue weighted by atomic mass is 9.85. The molecule has 1 aliphatic rings. The van der Waals surface area contributed by atoms with E-state index in [1.807, 2.05) is 33.8 Å². The summed E-state index contributed by atoms with van der Waals surface area (Å²) in [4.78, 5) is 23.5. The van der Waals surface area contributed by atoms with Gasteiger partial charge in [-0.3, -0.25) is 4.79 Å². The van der Waals surface area contributed by atoms with Crippen molar-refractivity contribution in [3.05, 3.63) is 12.2 Å². The van der Waals surface area contributed by atoms with Crippen LogP contribution in [-0.4, -0.2) is 30.8 Å². The number of carbonyl (C=O) groups is 2. The highest BCUT2D eigenvalue weighted by Gasteiger charge is 2.34. The highest BCUT2D eigenvalue weighted by molar-refractivity contribution is 5.75. The molecule has 0 aromatic heterocycles. The minimum absolute atomic E-state index is 0.273. The maximum absolute atomic E-state index is 11.7. The number of esters is 1. The molecule has 0 aliphatic heterocycles. The van der Waals surface area contributed by atoms with Crippen molar-refractivity contribution in [2.75, 3.05) is 7.11 Å². The standard InChI is InChI=1S/C14H23NO4/c1-9-6-7-11(10(8-9)12(16)18-5)19-13(17)15-14(2,3)4/h6-7,9-11H,8H2,1-5H3,(H,15,17). The first kappa shape index (κ1) is 15.5. The number of alkyl carbamates (subject to hydrolysis) is 1. The van der Waals surface area contributed by atoms with Crippen LogP contribution in [0.1, 0.15) is 34.1 Å². The van der Waals surface area contributed by atoms with E-state index in [2.05, 4.69) is 5.32 Å². The zero-order valence-corrected chi connectivity index (χ0v) is 12.2. The molecular formula is C14H23NO4. The SMILES string of the molecule is COC(=O)C1CC(C)C=CC1OC(=O)NC(C)(C)C. The molecule has 1 amide bonds. The lowest BCUT2D eigenvalue weighted by Gasteiger charge is -2.29. The molecule has 0 saturated heterocycles. The Morgan fingerprint density at radius 3 is 2.42 bits per heavy atom. The summed E-state index contributed by atoms with van der Waals surface area (Å²) in [6.07, 6.45) is 3.25. The van der Waals surface area contributed by atoms with Crippen LogP contribution in [0.4, 0.5) is 4.79 Å². The van der Waals surface area contributed by atoms with Gasteiger partial charge in [-0.05, 0) is 39.2 Å². The molecule has 5 nitrogen and oxygen atoms in total. The molecule has 0 radical (unpaired) electrons. The number of methoxy groups -OCH3 is 1. The minimum atomic E-state index is -0.564. The van der Waals surface area contributed by atoms with Crippen LogP contribution in [0, 0.1) is 11.8 Å². The molecule has 5 heteroatoms. The summed E-state index contributed by atoms with van der Waals surface area (Å²) >= 11 is 0. The topological polar surface area (TPSA) is 64.6 Å². The quantitative estimate of drug-likeness (QED) is 0.617. The van der Waals surface area contributed by atoms with Crippen LogP contribution in [0.5, 0.6) is 0 Å². The van der Waals surface area contributed by atoms with Crippen LogP contribution in [0.15, 0.2) is 12.2 Å². The average Bonchev–Trinajstić information content (AvgIpc) is 2.28. The van der Waals surface area contributed by atoms with Crippen molar-refractivity contribution in [3.8, 4) is 0 Å². The number of ether oxygens (including phenoxy) is 2. The second-order valence-electron chi connectivity index (χ2n) is 5.97. The van der Waals surface area contributed by atoms with Gasteiger partial charge >= 0.3 is 12.1 Å². The maximum atomic E-state index is 11.7. The summed E-state index contributed by atoms with van der Waals surface area (Å²) < 4.78 is 10.1. The first-order valence-electron chi connectivity index (χ1n) is 6.48. The van der Waals surface area contributed by atoms with Crippen molar-refractivity contribution in [3.63, 3.8) is 0 Å². The van der Waals surface area contributed by atoms with Gasteiger partial charge in [-0.1, -0.05) is 13.0 Å². The first-order chi connectivity index (χ1) is 8.73. The molecule has 3 atom stereocenters. The average molecular weight is 269 g/mol. The molecule has 0 bridgehead atoms. The fourth-order valence-corrected chi connectivity index (χ4v) is 2.01. The Balaban J connectivity index is 2.70. The molecule has 0 spiro atoms. The first-order valence-corrected chi connectivity index (χ1v) is 6.48. The maximum Gasteiger partial charge on any atom is 0.408 e. The molecular weight excluding hydrogens is 246 g/mol. The van der Waals surface area contributed by atoms with Gasteiger partial charge in [0.15, 0.2) is 0 Å². The number of nitrogens with one attached hydrogen (secondary N) is 1. The van der Waals surface area contributed by atoms with Gasteiger partial charge in [0.05, 0.1) is 13.0 Å². The van der Waals surface area contributed by atoms with Gasteiger partial charge in [-0.25, -0.2) is 4.79 Å². The van der Waals surface area contributed by atoms with E-state index in [9.17, 15) is 9.59 Å². The fourth-order valence-electron chi connectivity index (χ4n) is 2.01. The normalized spacial score (nSPS) is 26.7. The van der Waals surface area contributed by atoms with Crippen LogP contribution in [0.3, 0.4) is 0 Å². The third kappa shape index (κ3) is 4.93. The van der Waals surface area contributed by atoms with Crippen molar-refractivity contribution < 1.29 is 19.1 Å². The highest BCUT2D eigenvalue weighted by Crippen LogP contribution is 2.27. The van der Waals surface area contributed by atoms with Crippen molar-refractivity contribution in [2.24, 2.45) is 11.8 Å². The van der Waals surface area contributed by atoms with Gasteiger partial charge < -0.3 is 14.8 Å². The van der Waals surface area contributed by atoms with Gasteiger partial charge in [0.1, 0.15) is 6.10 Å². The second-order valence-corrected chi connectivity index (χ2v) is 5.97. The van der Waals surface area contributed by atoms with Crippen molar-refractivity contribution in [1.82, 2.24) is 5.32 Å². The largest absolute Gasteiger partial charge is 0.469 e. The van der Waals surface area contributed by atoms with E-state index in [1.54, 1.807) is 6.08 Å². The Bertz CT molecular complexity index is 370. The zero-order valence-electron chi connectivity index (χ0n) is 12.2. The van der Waals surface area contributed by atoms with Gasteiger partial charge in [0.25, 0.3) is 0 Å². The van der Waals surface area contributed by atoms with E-state index < -0.39 is 18.1 Å². The molecule has 0 heterocycles. The smallest absolute Gasteiger partial charge is 0.408 e. The van der Waals surface area contributed by atoms with E-state index in [0.717, 1.165) is 0 Å². The van der Waals surface area contributed by atoms with Crippen LogP contribution in [-0.2, 0) is 14.3 Å². The van der Waals surface area contributed by atoms with Crippen LogP contribution in [0.25, 0.3) is 0 Å². The molecule has 3 unspecified atom stereocenters. The van der Waals surface area contributed by atoms with Gasteiger partial charge in [-0.15, -0.1) is 0 Å². The van der Waals surface area contributed by atoms with Crippen LogP contribution < -0.4 is 5.32 Å². The molecule has 1 N–H and O–H groups in total. The molecule has 0 fully saturated rings. The fraction of sp³-hybridized carbons (Fsp3) is 0.714. The van der Waals surface area contributed by atoms with Gasteiger partial charge in [-0.2, -0.15) is 0 Å². The Hall–Kier alpha value is -1.52. The number of hydrogen-bond donors (Lipinski definition) is 1. The third-order valence-electron chi connectivity index (χ3n) is 2.88. The Morgan fingerprint density at radius 2 is 1.89 bits per heavy atom. The van der Waals surface area contributed by atoms with E-state index >= 15 is 0 Å². The van der Waals surface area contributed by atoms with Crippen molar-refractivity contribution in [2.45, 2.75) is 45.8 Å². The summed E-state index contributed by atoms with van der Waals surface area (Å²) in [6.45, 7) is 7.61. The van der Waals surface area contributed by atoms with Gasteiger partial charge in [0, 0.05) is 5.54 Å². The van der Waals surface area contributed by atoms with E-state index in [-0.39, 0.29) is 17.4 Å².